The summed E-state index contributed by atoms with van der Waals surface area (Å²) in [5.41, 5.74) is 6.33. The van der Waals surface area contributed by atoms with Gasteiger partial charge in [-0.25, -0.2) is 4.79 Å². The summed E-state index contributed by atoms with van der Waals surface area (Å²) in [4.78, 5) is 15.5. The van der Waals surface area contributed by atoms with E-state index < -0.39 is 0 Å². The topological polar surface area (TPSA) is 37.3 Å². The third kappa shape index (κ3) is 3.77. The minimum absolute atomic E-state index is 0.131. The van der Waals surface area contributed by atoms with Crippen LogP contribution in [0.25, 0.3) is 5.69 Å². The number of nitrogens with zero attached hydrogens (tertiary/aromatic N) is 2. The van der Waals surface area contributed by atoms with Crippen molar-refractivity contribution in [2.45, 2.75) is 19.5 Å². The second-order valence-corrected chi connectivity index (χ2v) is 8.73. The SMILES string of the molecule is Cc1ccc([C@H]2c3cccn3-c3ccccc3CN2C(=O)Nc2cccc(Br)c2)cc1. The zero-order valence-electron chi connectivity index (χ0n) is 17.1. The fourth-order valence-electron chi connectivity index (χ4n) is 4.20. The van der Waals surface area contributed by atoms with Crippen LogP contribution in [0.2, 0.25) is 0 Å². The number of fused-ring (bicyclic) bond motifs is 3. The smallest absolute Gasteiger partial charge is 0.318 e. The van der Waals surface area contributed by atoms with Gasteiger partial charge in [-0.3, -0.25) is 0 Å². The van der Waals surface area contributed by atoms with Crippen LogP contribution in [0, 0.1) is 6.92 Å². The van der Waals surface area contributed by atoms with E-state index >= 15 is 0 Å². The maximum absolute atomic E-state index is 13.6. The molecule has 0 saturated heterocycles. The Hall–Kier alpha value is -3.31. The Morgan fingerprint density at radius 3 is 2.58 bits per heavy atom. The summed E-state index contributed by atoms with van der Waals surface area (Å²) >= 11 is 3.49. The number of carbonyl (C=O) groups is 1. The van der Waals surface area contributed by atoms with Gasteiger partial charge in [-0.1, -0.05) is 70.0 Å². The van der Waals surface area contributed by atoms with Crippen LogP contribution >= 0.6 is 15.9 Å². The number of urea groups is 1. The van der Waals surface area contributed by atoms with Gasteiger partial charge < -0.3 is 14.8 Å². The van der Waals surface area contributed by atoms with Gasteiger partial charge in [-0.05, 0) is 54.4 Å². The Morgan fingerprint density at radius 2 is 1.77 bits per heavy atom. The molecule has 0 unspecified atom stereocenters. The zero-order valence-corrected chi connectivity index (χ0v) is 18.7. The number of para-hydroxylation sites is 1. The normalized spacial score (nSPS) is 15.0. The van der Waals surface area contributed by atoms with Gasteiger partial charge in [0.15, 0.2) is 0 Å². The quantitative estimate of drug-likeness (QED) is 0.347. The molecule has 0 saturated carbocycles. The molecule has 4 nitrogen and oxygen atoms in total. The summed E-state index contributed by atoms with van der Waals surface area (Å²) in [7, 11) is 0. The number of hydrogen-bond acceptors (Lipinski definition) is 1. The summed E-state index contributed by atoms with van der Waals surface area (Å²) in [5.74, 6) is 0. The molecule has 31 heavy (non-hydrogen) atoms. The van der Waals surface area contributed by atoms with E-state index in [9.17, 15) is 4.79 Å². The Morgan fingerprint density at radius 1 is 0.968 bits per heavy atom. The summed E-state index contributed by atoms with van der Waals surface area (Å²) < 4.78 is 3.13. The van der Waals surface area contributed by atoms with Crippen LogP contribution in [0.5, 0.6) is 0 Å². The van der Waals surface area contributed by atoms with Crippen LogP contribution in [-0.2, 0) is 6.54 Å². The molecule has 1 N–H and O–H groups in total. The molecule has 5 rings (SSSR count). The molecule has 0 bridgehead atoms. The zero-order chi connectivity index (χ0) is 21.4. The van der Waals surface area contributed by atoms with Crippen LogP contribution in [0.1, 0.15) is 28.4 Å². The maximum Gasteiger partial charge on any atom is 0.322 e. The monoisotopic (exact) mass is 471 g/mol. The lowest BCUT2D eigenvalue weighted by Crippen LogP contribution is -2.37. The fraction of sp³-hybridized carbons (Fsp3) is 0.115. The summed E-state index contributed by atoms with van der Waals surface area (Å²) in [6.07, 6.45) is 2.07. The van der Waals surface area contributed by atoms with Gasteiger partial charge >= 0.3 is 6.03 Å². The number of halogens is 1. The molecule has 1 aromatic heterocycles. The predicted octanol–water partition coefficient (Wildman–Crippen LogP) is 6.69. The van der Waals surface area contributed by atoms with Crippen LogP contribution in [0.15, 0.2) is 95.6 Å². The van der Waals surface area contributed by atoms with E-state index in [1.807, 2.05) is 47.4 Å². The second-order valence-electron chi connectivity index (χ2n) is 7.81. The molecule has 0 spiro atoms. The molecule has 4 aromatic rings. The highest BCUT2D eigenvalue weighted by Crippen LogP contribution is 2.37. The van der Waals surface area contributed by atoms with Gasteiger partial charge in [0.05, 0.1) is 18.3 Å². The molecule has 0 aliphatic carbocycles. The molecule has 1 aliphatic heterocycles. The summed E-state index contributed by atoms with van der Waals surface area (Å²) in [6, 6.07) is 28.2. The number of nitrogens with one attached hydrogen (secondary N) is 1. The van der Waals surface area contributed by atoms with E-state index in [0.717, 1.165) is 32.7 Å². The predicted molar refractivity (Wildman–Crippen MR) is 127 cm³/mol. The van der Waals surface area contributed by atoms with Crippen LogP contribution in [-0.4, -0.2) is 15.5 Å². The minimum Gasteiger partial charge on any atom is -0.318 e. The molecule has 0 radical (unpaired) electrons. The van der Waals surface area contributed by atoms with E-state index in [1.54, 1.807) is 0 Å². The largest absolute Gasteiger partial charge is 0.322 e. The molecule has 0 fully saturated rings. The van der Waals surface area contributed by atoms with Crippen LogP contribution < -0.4 is 5.32 Å². The number of aryl methyl sites for hydroxylation is 1. The third-order valence-corrected chi connectivity index (χ3v) is 6.19. The van der Waals surface area contributed by atoms with Gasteiger partial charge in [-0.15, -0.1) is 0 Å². The molecule has 154 valence electrons. The van der Waals surface area contributed by atoms with Gasteiger partial charge in [0.1, 0.15) is 0 Å². The van der Waals surface area contributed by atoms with Crippen molar-refractivity contribution in [3.8, 4) is 5.69 Å². The lowest BCUT2D eigenvalue weighted by molar-refractivity contribution is 0.194. The first-order valence-electron chi connectivity index (χ1n) is 10.3. The molecule has 1 aliphatic rings. The lowest BCUT2D eigenvalue weighted by atomic mass is 10.0. The molecule has 3 aromatic carbocycles. The van der Waals surface area contributed by atoms with E-state index in [2.05, 4.69) is 81.4 Å². The van der Waals surface area contributed by atoms with Crippen molar-refractivity contribution in [2.75, 3.05) is 5.32 Å². The average molecular weight is 472 g/mol. The van der Waals surface area contributed by atoms with Crippen molar-refractivity contribution in [3.63, 3.8) is 0 Å². The highest BCUT2D eigenvalue weighted by atomic mass is 79.9. The van der Waals surface area contributed by atoms with Crippen molar-refractivity contribution >= 4 is 27.6 Å². The number of amides is 2. The van der Waals surface area contributed by atoms with Crippen molar-refractivity contribution in [3.05, 3.63) is 118 Å². The Kier molecular flexibility index (Phi) is 5.12. The summed E-state index contributed by atoms with van der Waals surface area (Å²) in [6.45, 7) is 2.59. The highest BCUT2D eigenvalue weighted by Gasteiger charge is 2.32. The Balaban J connectivity index is 1.63. The first-order valence-corrected chi connectivity index (χ1v) is 11.0. The number of anilines is 1. The summed E-state index contributed by atoms with van der Waals surface area (Å²) in [5, 5.41) is 3.09. The fourth-order valence-corrected chi connectivity index (χ4v) is 4.60. The molecule has 2 amide bonds. The number of benzene rings is 3. The van der Waals surface area contributed by atoms with Crippen molar-refractivity contribution in [2.24, 2.45) is 0 Å². The third-order valence-electron chi connectivity index (χ3n) is 5.69. The van der Waals surface area contributed by atoms with Crippen molar-refractivity contribution in [1.29, 1.82) is 0 Å². The van der Waals surface area contributed by atoms with E-state index in [1.165, 1.54) is 5.56 Å². The molecular formula is C26H22BrN3O. The maximum atomic E-state index is 13.6. The van der Waals surface area contributed by atoms with Gasteiger partial charge in [0, 0.05) is 22.1 Å². The number of rotatable bonds is 2. The molecule has 5 heteroatoms. The van der Waals surface area contributed by atoms with E-state index in [0.29, 0.717) is 6.54 Å². The highest BCUT2D eigenvalue weighted by molar-refractivity contribution is 9.10. The average Bonchev–Trinajstić information content (AvgIpc) is 3.19. The van der Waals surface area contributed by atoms with Crippen molar-refractivity contribution < 1.29 is 4.79 Å². The first kappa shape index (κ1) is 19.6. The molecular weight excluding hydrogens is 450 g/mol. The lowest BCUT2D eigenvalue weighted by Gasteiger charge is -2.31. The van der Waals surface area contributed by atoms with Crippen LogP contribution in [0.3, 0.4) is 0 Å². The van der Waals surface area contributed by atoms with Crippen molar-refractivity contribution in [1.82, 2.24) is 9.47 Å². The molecule has 2 heterocycles. The minimum atomic E-state index is -0.213. The van der Waals surface area contributed by atoms with E-state index in [4.69, 9.17) is 0 Å². The molecule has 1 atom stereocenters. The second kappa shape index (κ2) is 8.08. The Labute approximate surface area is 190 Å². The van der Waals surface area contributed by atoms with Gasteiger partial charge in [0.25, 0.3) is 0 Å². The standard InChI is InChI=1S/C26H22BrN3O/c1-18-11-13-19(14-12-18)25-24-10-5-15-29(24)23-9-3-2-6-20(23)17-30(25)26(31)28-22-8-4-7-21(27)16-22/h2-16,25H,17H2,1H3,(H,28,31)/t25-/m0/s1. The van der Waals surface area contributed by atoms with Gasteiger partial charge in [-0.2, -0.15) is 0 Å². The first-order chi connectivity index (χ1) is 15.1. The Bertz CT molecular complexity index is 1250. The van der Waals surface area contributed by atoms with Crippen LogP contribution in [0.4, 0.5) is 10.5 Å². The van der Waals surface area contributed by atoms with E-state index in [-0.39, 0.29) is 12.1 Å². The number of aromatic nitrogens is 1. The van der Waals surface area contributed by atoms with Gasteiger partial charge in [0.2, 0.25) is 0 Å². The number of carbonyl (C=O) groups excluding carboxylic acids is 1. The number of hydrogen-bond donors (Lipinski definition) is 1.